The molecule has 0 aromatic heterocycles. The minimum atomic E-state index is -0.0870. The molecule has 15 heteroatoms. The molecule has 5 aromatic rings. The summed E-state index contributed by atoms with van der Waals surface area (Å²) in [5.74, 6) is 11.0. The quantitative estimate of drug-likeness (QED) is 0.0225. The van der Waals surface area contributed by atoms with Gasteiger partial charge in [0.1, 0.15) is 57.5 Å². The van der Waals surface area contributed by atoms with Crippen LogP contribution in [0.1, 0.15) is 274 Å². The number of methoxy groups -OCH3 is 1. The average molecular weight is 1480 g/mol. The number of ether oxygens (including phenoxy) is 10. The fourth-order valence-electron chi connectivity index (χ4n) is 15.1. The van der Waals surface area contributed by atoms with Crippen LogP contribution in [0, 0.1) is 59.2 Å². The van der Waals surface area contributed by atoms with E-state index in [0.29, 0.717) is 48.6 Å². The Morgan fingerprint density at radius 1 is 0.262 bits per heavy atom. The molecular formula is C92H134O15. The molecule has 0 aliphatic heterocycles. The van der Waals surface area contributed by atoms with Gasteiger partial charge < -0.3 is 47.4 Å². The molecule has 0 unspecified atom stereocenters. The second-order valence-corrected chi connectivity index (χ2v) is 30.2. The van der Waals surface area contributed by atoms with Gasteiger partial charge in [-0.15, -0.1) is 0 Å². The van der Waals surface area contributed by atoms with E-state index in [4.69, 9.17) is 47.4 Å². The van der Waals surface area contributed by atoms with Gasteiger partial charge in [0.25, 0.3) is 0 Å². The van der Waals surface area contributed by atoms with Gasteiger partial charge in [-0.2, -0.15) is 0 Å². The van der Waals surface area contributed by atoms with Crippen molar-refractivity contribution in [3.63, 3.8) is 0 Å². The molecule has 0 bridgehead atoms. The van der Waals surface area contributed by atoms with E-state index in [1.165, 1.54) is 96.3 Å². The molecule has 0 N–H and O–H groups in total. The summed E-state index contributed by atoms with van der Waals surface area (Å²) in [5, 5.41) is 0. The molecule has 10 rings (SSSR count). The second-order valence-electron chi connectivity index (χ2n) is 30.2. The van der Waals surface area contributed by atoms with Crippen molar-refractivity contribution in [3.05, 3.63) is 121 Å². The van der Waals surface area contributed by atoms with Crippen LogP contribution >= 0.6 is 0 Å². The molecule has 0 amide bonds. The zero-order valence-electron chi connectivity index (χ0n) is 67.1. The topological polar surface area (TPSA) is 178 Å². The fourth-order valence-corrected chi connectivity index (χ4v) is 15.1. The van der Waals surface area contributed by atoms with Gasteiger partial charge in [0.15, 0.2) is 0 Å². The van der Waals surface area contributed by atoms with E-state index in [0.717, 1.165) is 181 Å². The summed E-state index contributed by atoms with van der Waals surface area (Å²) in [7, 11) is 1.62. The minimum Gasteiger partial charge on any atom is -0.497 e. The maximum Gasteiger partial charge on any atom is 0.314 e. The van der Waals surface area contributed by atoms with E-state index in [-0.39, 0.29) is 59.4 Å². The number of carbonyl (C=O) groups is 5. The first-order chi connectivity index (χ1) is 52.1. The predicted molar refractivity (Wildman–Crippen MR) is 427 cm³/mol. The van der Waals surface area contributed by atoms with Gasteiger partial charge >= 0.3 is 29.8 Å². The van der Waals surface area contributed by atoms with Crippen molar-refractivity contribution in [2.24, 2.45) is 59.2 Å². The summed E-state index contributed by atoms with van der Waals surface area (Å²) >= 11 is 0. The molecule has 107 heavy (non-hydrogen) atoms. The normalized spacial score (nSPS) is 21.6. The summed E-state index contributed by atoms with van der Waals surface area (Å²) in [6.07, 6.45) is 37.7. The van der Waals surface area contributed by atoms with Gasteiger partial charge in [0.2, 0.25) is 0 Å². The van der Waals surface area contributed by atoms with Gasteiger partial charge in [-0.05, 0) is 307 Å². The number of hydrogen-bond acceptors (Lipinski definition) is 15. The highest BCUT2D eigenvalue weighted by atomic mass is 16.6. The Labute approximate surface area is 643 Å². The van der Waals surface area contributed by atoms with Crippen LogP contribution in [0.25, 0.3) is 0 Å². The number of carbonyl (C=O) groups excluding carboxylic acids is 5. The van der Waals surface area contributed by atoms with Gasteiger partial charge in [-0.25, -0.2) is 0 Å². The summed E-state index contributed by atoms with van der Waals surface area (Å²) in [6, 6.07) is 36.4. The first kappa shape index (κ1) is 88.4. The van der Waals surface area contributed by atoms with Crippen LogP contribution in [-0.2, 0) is 24.0 Å². The molecule has 5 aliphatic rings. The number of hydrogen-bond donors (Lipinski definition) is 0. The third-order valence-electron chi connectivity index (χ3n) is 21.8. The van der Waals surface area contributed by atoms with Crippen LogP contribution in [0.4, 0.5) is 0 Å². The lowest BCUT2D eigenvalue weighted by molar-refractivity contribution is -0.141. The van der Waals surface area contributed by atoms with Crippen molar-refractivity contribution in [2.75, 3.05) is 33.5 Å². The molecule has 0 heterocycles. The lowest BCUT2D eigenvalue weighted by Crippen LogP contribution is -2.25. The molecule has 15 nitrogen and oxygen atoms in total. The Hall–Kier alpha value is -7.55. The van der Waals surface area contributed by atoms with E-state index in [1.54, 1.807) is 55.6 Å². The van der Waals surface area contributed by atoms with Crippen LogP contribution in [0.3, 0.4) is 0 Å². The molecule has 5 aromatic carbocycles. The second kappa shape index (κ2) is 51.7. The van der Waals surface area contributed by atoms with Crippen molar-refractivity contribution < 1.29 is 71.3 Å². The number of rotatable bonds is 32. The van der Waals surface area contributed by atoms with Gasteiger partial charge in [-0.3, -0.25) is 24.0 Å². The van der Waals surface area contributed by atoms with Crippen LogP contribution in [0.5, 0.6) is 57.5 Å². The highest BCUT2D eigenvalue weighted by molar-refractivity contribution is 5.77. The van der Waals surface area contributed by atoms with E-state index in [9.17, 15) is 24.0 Å². The number of unbranched alkanes of at least 4 members (excludes halogenated alkanes) is 4. The Morgan fingerprint density at radius 2 is 0.495 bits per heavy atom. The van der Waals surface area contributed by atoms with Crippen molar-refractivity contribution in [3.8, 4) is 57.5 Å². The van der Waals surface area contributed by atoms with E-state index in [1.807, 2.05) is 93.6 Å². The van der Waals surface area contributed by atoms with Gasteiger partial charge in [0, 0.05) is 0 Å². The van der Waals surface area contributed by atoms with Gasteiger partial charge in [-0.1, -0.05) is 119 Å². The monoisotopic (exact) mass is 1480 g/mol. The fraction of sp³-hybridized carbons (Fsp3) is 0.620. The standard InChI is InChI=1S/C20H30O3.2C19H28O3.C18H26O3.C16H22O3/c1-3-5-15-22-18-11-13-19(14-12-18)23-20(21)17-9-7-16(6-4-2)8-10-17;1-3-4-5-6-15-7-9-16(10-8-15)19(20)22-18-13-11-17(21-2)12-14-18;1-3-5-6-15-7-9-16(10-8-15)19(20)22-18-13-11-17(12-14-18)21-4-2;1-3-5-14-6-8-15(9-7-14)18(19)21-17-12-10-16(11-13-17)20-4-2;1-3-18-14-8-10-15(11-9-14)19-16(17)13-6-4-12(2)5-7-13/h11-14,16-17H,3-10,15H2,1-2H3;2*11-16H,3-10H2,1-2H3;10-15H,3-9H2,1-2H3;8-13H,3-7H2,1-2H3. The Morgan fingerprint density at radius 3 is 0.748 bits per heavy atom. The molecule has 0 atom stereocenters. The molecule has 5 fully saturated rings. The molecule has 592 valence electrons. The summed E-state index contributed by atoms with van der Waals surface area (Å²) in [6.45, 7) is 21.8. The highest BCUT2D eigenvalue weighted by Crippen LogP contribution is 2.38. The maximum atomic E-state index is 12.3. The lowest BCUT2D eigenvalue weighted by atomic mass is 9.80. The van der Waals surface area contributed by atoms with E-state index < -0.39 is 0 Å². The SMILES string of the molecule is CCCC1CCC(C(=O)Oc2ccc(OCC)cc2)CC1.CCCCC1CCC(C(=O)Oc2ccc(OCC)cc2)CC1.CCCCCC1CCC(C(=O)Oc2ccc(OC)cc2)CC1.CCCCOc1ccc(OC(=O)C2CCC(CCC)CC2)cc1.CCOc1ccc(OC(=O)C2CCC(C)CC2)cc1. The zero-order valence-corrected chi connectivity index (χ0v) is 67.1. The van der Waals surface area contributed by atoms with Crippen molar-refractivity contribution in [1.29, 1.82) is 0 Å². The van der Waals surface area contributed by atoms with E-state index in [2.05, 4.69) is 41.5 Å². The molecule has 0 saturated heterocycles. The van der Waals surface area contributed by atoms with Crippen molar-refractivity contribution in [2.45, 2.75) is 274 Å². The van der Waals surface area contributed by atoms with Crippen molar-refractivity contribution in [1.82, 2.24) is 0 Å². The highest BCUT2D eigenvalue weighted by Gasteiger charge is 2.32. The molecule has 5 aliphatic carbocycles. The molecule has 0 radical (unpaired) electrons. The third kappa shape index (κ3) is 34.3. The molecular weight excluding hydrogens is 1340 g/mol. The van der Waals surface area contributed by atoms with Crippen LogP contribution in [-0.4, -0.2) is 63.4 Å². The van der Waals surface area contributed by atoms with Crippen LogP contribution < -0.4 is 47.4 Å². The minimum absolute atomic E-state index is 0.0698. The number of esters is 5. The third-order valence-corrected chi connectivity index (χ3v) is 21.8. The summed E-state index contributed by atoms with van der Waals surface area (Å²) in [4.78, 5) is 61.0. The zero-order chi connectivity index (χ0) is 76.8. The smallest absolute Gasteiger partial charge is 0.314 e. The Kier molecular flexibility index (Phi) is 42.7. The Bertz CT molecular complexity index is 3180. The predicted octanol–water partition coefficient (Wildman–Crippen LogP) is 23.8. The summed E-state index contributed by atoms with van der Waals surface area (Å²) < 4.78 is 54.3. The van der Waals surface area contributed by atoms with Crippen LogP contribution in [0.2, 0.25) is 0 Å². The molecule has 0 spiro atoms. The summed E-state index contributed by atoms with van der Waals surface area (Å²) in [5.41, 5.74) is 0. The van der Waals surface area contributed by atoms with Crippen molar-refractivity contribution >= 4 is 29.8 Å². The maximum absolute atomic E-state index is 12.3. The Balaban J connectivity index is 0.000000210. The van der Waals surface area contributed by atoms with E-state index >= 15 is 0 Å². The first-order valence-electron chi connectivity index (χ1n) is 41.7. The first-order valence-corrected chi connectivity index (χ1v) is 41.7. The van der Waals surface area contributed by atoms with Crippen LogP contribution in [0.15, 0.2) is 121 Å². The molecule has 5 saturated carbocycles. The number of benzene rings is 5. The largest absolute Gasteiger partial charge is 0.497 e. The van der Waals surface area contributed by atoms with Gasteiger partial charge in [0.05, 0.1) is 63.1 Å². The average Bonchev–Trinajstić information content (AvgIpc) is 0.889. The lowest BCUT2D eigenvalue weighted by Gasteiger charge is -2.27.